The van der Waals surface area contributed by atoms with E-state index in [0.717, 1.165) is 12.1 Å². The molecule has 1 unspecified atom stereocenters. The molecule has 7 nitrogen and oxygen atoms in total. The Balaban J connectivity index is 1.84. The number of carboxylic acid groups (broad SMARTS) is 1. The molecule has 1 N–H and O–H groups in total. The van der Waals surface area contributed by atoms with Gasteiger partial charge in [0.25, 0.3) is 5.91 Å². The number of likely N-dealkylation sites (tertiary alicyclic amines) is 1. The Morgan fingerprint density at radius 1 is 1.42 bits per heavy atom. The standard InChI is InChI=1S/C17H20ClFN2O5/c1-20(9-15(22)21-6-2-3-11(8-21)17(24)25)16(23)10-26-14-5-4-12(19)7-13(14)18/h4-5,7,11H,2-3,6,8-10H2,1H3,(H,24,25). The fourth-order valence-electron chi connectivity index (χ4n) is 2.64. The van der Waals surface area contributed by atoms with E-state index in [0.29, 0.717) is 19.4 Å². The largest absolute Gasteiger partial charge is 0.482 e. The second-order valence-electron chi connectivity index (χ2n) is 6.13. The number of amides is 2. The molecule has 1 fully saturated rings. The second-order valence-corrected chi connectivity index (χ2v) is 6.54. The van der Waals surface area contributed by atoms with Gasteiger partial charge in [0.1, 0.15) is 11.6 Å². The van der Waals surface area contributed by atoms with Gasteiger partial charge in [-0.05, 0) is 31.0 Å². The van der Waals surface area contributed by atoms with Crippen LogP contribution in [0, 0.1) is 11.7 Å². The summed E-state index contributed by atoms with van der Waals surface area (Å²) in [7, 11) is 1.45. The van der Waals surface area contributed by atoms with Crippen LogP contribution in [-0.2, 0) is 14.4 Å². The number of ether oxygens (including phenoxy) is 1. The van der Waals surface area contributed by atoms with Gasteiger partial charge in [-0.3, -0.25) is 14.4 Å². The van der Waals surface area contributed by atoms with Crippen molar-refractivity contribution >= 4 is 29.4 Å². The number of carboxylic acids is 1. The molecular formula is C17H20ClFN2O5. The fraction of sp³-hybridized carbons (Fsp3) is 0.471. The molecular weight excluding hydrogens is 367 g/mol. The molecule has 142 valence electrons. The van der Waals surface area contributed by atoms with E-state index < -0.39 is 23.6 Å². The lowest BCUT2D eigenvalue weighted by Gasteiger charge is -2.32. The molecule has 1 aromatic carbocycles. The van der Waals surface area contributed by atoms with E-state index in [9.17, 15) is 18.8 Å². The van der Waals surface area contributed by atoms with Gasteiger partial charge in [-0.1, -0.05) is 11.6 Å². The number of likely N-dealkylation sites (N-methyl/N-ethyl adjacent to an activating group) is 1. The Bertz CT molecular complexity index is 700. The van der Waals surface area contributed by atoms with Crippen molar-refractivity contribution in [3.05, 3.63) is 29.0 Å². The number of aliphatic carboxylic acids is 1. The molecule has 2 rings (SSSR count). The minimum atomic E-state index is -0.920. The monoisotopic (exact) mass is 386 g/mol. The Kier molecular flexibility index (Phi) is 6.79. The molecule has 1 heterocycles. The number of carbonyl (C=O) groups excluding carboxylic acids is 2. The predicted octanol–water partition coefficient (Wildman–Crippen LogP) is 1.64. The van der Waals surface area contributed by atoms with E-state index in [1.165, 1.54) is 22.9 Å². The zero-order valence-electron chi connectivity index (χ0n) is 14.3. The Hall–Kier alpha value is -2.35. The van der Waals surface area contributed by atoms with Gasteiger partial charge in [-0.25, -0.2) is 4.39 Å². The van der Waals surface area contributed by atoms with Crippen molar-refractivity contribution in [2.24, 2.45) is 5.92 Å². The Morgan fingerprint density at radius 2 is 2.15 bits per heavy atom. The van der Waals surface area contributed by atoms with E-state index in [-0.39, 0.29) is 36.4 Å². The van der Waals surface area contributed by atoms with Crippen molar-refractivity contribution in [1.29, 1.82) is 0 Å². The molecule has 26 heavy (non-hydrogen) atoms. The average Bonchev–Trinajstić information content (AvgIpc) is 2.60. The first kappa shape index (κ1) is 20.0. The molecule has 0 saturated carbocycles. The van der Waals surface area contributed by atoms with Gasteiger partial charge in [0.2, 0.25) is 5.91 Å². The molecule has 1 aromatic rings. The lowest BCUT2D eigenvalue weighted by atomic mass is 9.98. The smallest absolute Gasteiger partial charge is 0.308 e. The van der Waals surface area contributed by atoms with Crippen LogP contribution < -0.4 is 4.74 Å². The normalized spacial score (nSPS) is 16.9. The fourth-order valence-corrected chi connectivity index (χ4v) is 2.86. The summed E-state index contributed by atoms with van der Waals surface area (Å²) in [5.41, 5.74) is 0. The average molecular weight is 387 g/mol. The van der Waals surface area contributed by atoms with Crippen molar-refractivity contribution in [3.63, 3.8) is 0 Å². The van der Waals surface area contributed by atoms with Crippen LogP contribution in [0.25, 0.3) is 0 Å². The summed E-state index contributed by atoms with van der Waals surface area (Å²) in [4.78, 5) is 38.1. The van der Waals surface area contributed by atoms with Crippen molar-refractivity contribution in [2.45, 2.75) is 12.8 Å². The minimum absolute atomic E-state index is 0.0459. The van der Waals surface area contributed by atoms with Crippen molar-refractivity contribution in [1.82, 2.24) is 9.80 Å². The molecule has 0 aromatic heterocycles. The Labute approximate surface area is 155 Å². The summed E-state index contributed by atoms with van der Waals surface area (Å²) in [6, 6.07) is 3.55. The van der Waals surface area contributed by atoms with E-state index >= 15 is 0 Å². The third kappa shape index (κ3) is 5.32. The van der Waals surface area contributed by atoms with Gasteiger partial charge < -0.3 is 19.6 Å². The highest BCUT2D eigenvalue weighted by molar-refractivity contribution is 6.32. The van der Waals surface area contributed by atoms with E-state index in [1.807, 2.05) is 0 Å². The number of halogens is 2. The third-order valence-corrected chi connectivity index (χ3v) is 4.46. The van der Waals surface area contributed by atoms with Crippen LogP contribution >= 0.6 is 11.6 Å². The van der Waals surface area contributed by atoms with E-state index in [1.54, 1.807) is 0 Å². The third-order valence-electron chi connectivity index (χ3n) is 4.17. The maximum Gasteiger partial charge on any atom is 0.308 e. The van der Waals surface area contributed by atoms with Gasteiger partial charge in [-0.15, -0.1) is 0 Å². The molecule has 0 spiro atoms. The highest BCUT2D eigenvalue weighted by atomic mass is 35.5. The molecule has 0 bridgehead atoms. The highest BCUT2D eigenvalue weighted by Gasteiger charge is 2.29. The van der Waals surface area contributed by atoms with Gasteiger partial charge >= 0.3 is 5.97 Å². The van der Waals surface area contributed by atoms with Crippen LogP contribution in [-0.4, -0.2) is 66.0 Å². The Morgan fingerprint density at radius 3 is 2.81 bits per heavy atom. The molecule has 0 aliphatic carbocycles. The van der Waals surface area contributed by atoms with Crippen molar-refractivity contribution in [3.8, 4) is 5.75 Å². The quantitative estimate of drug-likeness (QED) is 0.803. The van der Waals surface area contributed by atoms with Gasteiger partial charge in [0.15, 0.2) is 6.61 Å². The predicted molar refractivity (Wildman–Crippen MR) is 91.5 cm³/mol. The zero-order valence-corrected chi connectivity index (χ0v) is 15.0. The summed E-state index contributed by atoms with van der Waals surface area (Å²) in [5, 5.41) is 9.12. The lowest BCUT2D eigenvalue weighted by molar-refractivity contribution is -0.147. The molecule has 1 atom stereocenters. The number of piperidine rings is 1. The van der Waals surface area contributed by atoms with Crippen LogP contribution in [0.2, 0.25) is 5.02 Å². The number of hydrogen-bond acceptors (Lipinski definition) is 4. The number of benzene rings is 1. The van der Waals surface area contributed by atoms with Crippen LogP contribution in [0.4, 0.5) is 4.39 Å². The summed E-state index contributed by atoms with van der Waals surface area (Å²) >= 11 is 5.82. The minimum Gasteiger partial charge on any atom is -0.482 e. The second kappa shape index (κ2) is 8.84. The van der Waals surface area contributed by atoms with Crippen LogP contribution in [0.5, 0.6) is 5.75 Å². The summed E-state index contributed by atoms with van der Waals surface area (Å²) in [6.45, 7) is 0.1000. The molecule has 2 amide bonds. The number of rotatable bonds is 6. The SMILES string of the molecule is CN(CC(=O)N1CCCC(C(=O)O)C1)C(=O)COc1ccc(F)cc1Cl. The first-order valence-corrected chi connectivity index (χ1v) is 8.48. The molecule has 0 radical (unpaired) electrons. The highest BCUT2D eigenvalue weighted by Crippen LogP contribution is 2.24. The number of nitrogens with zero attached hydrogens (tertiary/aromatic N) is 2. The van der Waals surface area contributed by atoms with Gasteiger partial charge in [-0.2, -0.15) is 0 Å². The molecule has 1 saturated heterocycles. The molecule has 1 aliphatic heterocycles. The summed E-state index contributed by atoms with van der Waals surface area (Å²) < 4.78 is 18.2. The first-order chi connectivity index (χ1) is 12.3. The molecule has 1 aliphatic rings. The molecule has 9 heteroatoms. The van der Waals surface area contributed by atoms with Gasteiger partial charge in [0, 0.05) is 20.1 Å². The van der Waals surface area contributed by atoms with Crippen LogP contribution in [0.1, 0.15) is 12.8 Å². The number of hydrogen-bond donors (Lipinski definition) is 1. The summed E-state index contributed by atoms with van der Waals surface area (Å²) in [6.07, 6.45) is 1.16. The maximum absolute atomic E-state index is 13.0. The van der Waals surface area contributed by atoms with Crippen molar-refractivity contribution < 1.29 is 28.6 Å². The van der Waals surface area contributed by atoms with E-state index in [4.69, 9.17) is 21.4 Å². The zero-order chi connectivity index (χ0) is 19.3. The van der Waals surface area contributed by atoms with Crippen molar-refractivity contribution in [2.75, 3.05) is 33.3 Å². The van der Waals surface area contributed by atoms with Crippen LogP contribution in [0.15, 0.2) is 18.2 Å². The summed E-state index contributed by atoms with van der Waals surface area (Å²) in [5.74, 6) is -2.61. The van der Waals surface area contributed by atoms with E-state index in [2.05, 4.69) is 0 Å². The first-order valence-electron chi connectivity index (χ1n) is 8.10. The number of carbonyl (C=O) groups is 3. The lowest BCUT2D eigenvalue weighted by Crippen LogP contribution is -2.47. The maximum atomic E-state index is 13.0. The van der Waals surface area contributed by atoms with Gasteiger partial charge in [0.05, 0.1) is 17.5 Å². The topological polar surface area (TPSA) is 87.2 Å². The van der Waals surface area contributed by atoms with Crippen LogP contribution in [0.3, 0.4) is 0 Å².